The number of ether oxygens (including phenoxy) is 2. The summed E-state index contributed by atoms with van der Waals surface area (Å²) in [7, 11) is 2.97. The lowest BCUT2D eigenvalue weighted by molar-refractivity contribution is -0.806. The van der Waals surface area contributed by atoms with E-state index in [0.29, 0.717) is 38.9 Å². The highest BCUT2D eigenvalue weighted by atomic mass is 16.8. The molecule has 3 aromatic rings. The summed E-state index contributed by atoms with van der Waals surface area (Å²) < 4.78 is 15.3. The Hall–Kier alpha value is -3.95. The topological polar surface area (TPSA) is 127 Å². The lowest BCUT2D eigenvalue weighted by Crippen LogP contribution is -2.25. The Morgan fingerprint density at radius 3 is 2.54 bits per heavy atom. The number of methoxy groups -OCH3 is 2. The number of nitrogens with zero attached hydrogens (tertiary/aromatic N) is 4. The lowest BCUT2D eigenvalue weighted by atomic mass is 10.1. The van der Waals surface area contributed by atoms with Crippen molar-refractivity contribution >= 4 is 17.6 Å². The minimum atomic E-state index is -0.481. The molecule has 0 fully saturated rings. The third-order valence-corrected chi connectivity index (χ3v) is 4.01. The summed E-state index contributed by atoms with van der Waals surface area (Å²) in [6, 6.07) is 9.29. The van der Waals surface area contributed by atoms with Gasteiger partial charge in [-0.1, -0.05) is 12.1 Å². The summed E-state index contributed by atoms with van der Waals surface area (Å²) in [5, 5.41) is 26.3. The van der Waals surface area contributed by atoms with Crippen molar-refractivity contribution in [2.24, 2.45) is 4.99 Å². The van der Waals surface area contributed by atoms with Crippen LogP contribution in [0.15, 0.2) is 46.0 Å². The van der Waals surface area contributed by atoms with Gasteiger partial charge >= 0.3 is 0 Å². The van der Waals surface area contributed by atoms with Crippen LogP contribution in [0.2, 0.25) is 0 Å². The molecule has 144 valence electrons. The molecule has 28 heavy (non-hydrogen) atoms. The Morgan fingerprint density at radius 2 is 1.93 bits per heavy atom. The summed E-state index contributed by atoms with van der Waals surface area (Å²) in [5.74, 6) is 0.847. The highest BCUT2D eigenvalue weighted by molar-refractivity contribution is 5.87. The van der Waals surface area contributed by atoms with E-state index in [1.54, 1.807) is 31.2 Å². The zero-order valence-electron chi connectivity index (χ0n) is 15.3. The van der Waals surface area contributed by atoms with Crippen molar-refractivity contribution in [3.63, 3.8) is 0 Å². The number of hydrogen-bond donors (Lipinski definition) is 0. The van der Waals surface area contributed by atoms with Crippen LogP contribution >= 0.6 is 0 Å². The van der Waals surface area contributed by atoms with Crippen molar-refractivity contribution < 1.29 is 23.9 Å². The first-order valence-electron chi connectivity index (χ1n) is 8.05. The maximum Gasteiger partial charge on any atom is 0.270 e. The second-order valence-electron chi connectivity index (χ2n) is 5.70. The molecule has 0 saturated heterocycles. The molecular formula is C18H16N4O6. The van der Waals surface area contributed by atoms with E-state index in [9.17, 15) is 15.3 Å². The standard InChI is InChI=1S/C18H16N4O6/c1-11-18(20-28-22(11)25)14-8-16(26-2)17(27-3)9-15(14)19-10-12-5-4-6-13(7-12)21(23)24/h4-10H,1-3H3. The first kappa shape index (κ1) is 18.8. The molecular weight excluding hydrogens is 368 g/mol. The van der Waals surface area contributed by atoms with Crippen LogP contribution < -0.4 is 14.4 Å². The molecule has 0 spiro atoms. The van der Waals surface area contributed by atoms with Crippen LogP contribution in [0.4, 0.5) is 11.4 Å². The van der Waals surface area contributed by atoms with E-state index >= 15 is 0 Å². The fraction of sp³-hybridized carbons (Fsp3) is 0.167. The number of rotatable bonds is 6. The first-order valence-corrected chi connectivity index (χ1v) is 8.05. The van der Waals surface area contributed by atoms with E-state index < -0.39 is 4.92 Å². The van der Waals surface area contributed by atoms with E-state index in [4.69, 9.17) is 9.47 Å². The molecule has 3 rings (SSSR count). The fourth-order valence-electron chi connectivity index (χ4n) is 2.56. The smallest absolute Gasteiger partial charge is 0.270 e. The van der Waals surface area contributed by atoms with E-state index in [2.05, 4.69) is 14.8 Å². The Labute approximate surface area is 159 Å². The predicted octanol–water partition coefficient (Wildman–Crippen LogP) is 2.96. The number of benzene rings is 2. The van der Waals surface area contributed by atoms with Gasteiger partial charge in [-0.25, -0.2) is 0 Å². The lowest BCUT2D eigenvalue weighted by Gasteiger charge is -2.10. The number of aliphatic imine (C=N–C) groups is 1. The van der Waals surface area contributed by atoms with Crippen LogP contribution in [-0.4, -0.2) is 30.5 Å². The fourth-order valence-corrected chi connectivity index (χ4v) is 2.56. The molecule has 0 N–H and O–H groups in total. The molecule has 2 aromatic carbocycles. The molecule has 1 aromatic heterocycles. The van der Waals surface area contributed by atoms with E-state index in [1.807, 2.05) is 0 Å². The van der Waals surface area contributed by atoms with Crippen LogP contribution in [0.25, 0.3) is 11.3 Å². The van der Waals surface area contributed by atoms with Crippen LogP contribution in [-0.2, 0) is 0 Å². The third kappa shape index (κ3) is 3.61. The molecule has 0 radical (unpaired) electrons. The van der Waals surface area contributed by atoms with E-state index in [0.717, 1.165) is 0 Å². The van der Waals surface area contributed by atoms with Gasteiger partial charge in [0.1, 0.15) is 0 Å². The van der Waals surface area contributed by atoms with Gasteiger partial charge in [-0.05, 0) is 16.5 Å². The van der Waals surface area contributed by atoms with Crippen molar-refractivity contribution in [2.45, 2.75) is 6.92 Å². The zero-order valence-corrected chi connectivity index (χ0v) is 15.3. The molecule has 1 heterocycles. The first-order chi connectivity index (χ1) is 13.4. The van der Waals surface area contributed by atoms with Gasteiger partial charge in [0.05, 0.1) is 30.4 Å². The molecule has 0 unspecified atom stereocenters. The number of nitro benzene ring substituents is 1. The average molecular weight is 384 g/mol. The van der Waals surface area contributed by atoms with Gasteiger partial charge in [-0.15, -0.1) is 0 Å². The van der Waals surface area contributed by atoms with Gasteiger partial charge in [0, 0.05) is 36.5 Å². The van der Waals surface area contributed by atoms with Crippen molar-refractivity contribution in [3.05, 3.63) is 63.0 Å². The molecule has 0 bridgehead atoms. The van der Waals surface area contributed by atoms with Gasteiger partial charge in [0.15, 0.2) is 11.5 Å². The van der Waals surface area contributed by atoms with Gasteiger partial charge in [0.2, 0.25) is 5.69 Å². The molecule has 0 aliphatic heterocycles. The maximum atomic E-state index is 11.6. The monoisotopic (exact) mass is 384 g/mol. The number of aromatic nitrogens is 2. The molecule has 0 aliphatic rings. The molecule has 10 heteroatoms. The highest BCUT2D eigenvalue weighted by Gasteiger charge is 2.22. The summed E-state index contributed by atoms with van der Waals surface area (Å²) in [5.41, 5.74) is 1.93. The summed E-state index contributed by atoms with van der Waals surface area (Å²) in [6.07, 6.45) is 1.47. The van der Waals surface area contributed by atoms with Crippen molar-refractivity contribution in [1.82, 2.24) is 5.16 Å². The second kappa shape index (κ2) is 7.74. The molecule has 0 atom stereocenters. The number of hydrogen-bond acceptors (Lipinski definition) is 8. The Bertz CT molecular complexity index is 1060. The summed E-state index contributed by atoms with van der Waals surface area (Å²) >= 11 is 0. The number of non-ortho nitro benzene ring substituents is 1. The van der Waals surface area contributed by atoms with Crippen LogP contribution in [0.3, 0.4) is 0 Å². The van der Waals surface area contributed by atoms with E-state index in [1.165, 1.54) is 32.6 Å². The second-order valence-corrected chi connectivity index (χ2v) is 5.70. The minimum absolute atomic E-state index is 0.0452. The zero-order chi connectivity index (χ0) is 20.3. The van der Waals surface area contributed by atoms with Crippen molar-refractivity contribution in [2.75, 3.05) is 14.2 Å². The van der Waals surface area contributed by atoms with Crippen LogP contribution in [0, 0.1) is 22.2 Å². The van der Waals surface area contributed by atoms with Gasteiger partial charge in [-0.2, -0.15) is 0 Å². The summed E-state index contributed by atoms with van der Waals surface area (Å²) in [4.78, 5) is 15.2. The number of nitro groups is 1. The molecule has 0 aliphatic carbocycles. The third-order valence-electron chi connectivity index (χ3n) is 4.01. The molecule has 0 saturated carbocycles. The quantitative estimate of drug-likeness (QED) is 0.277. The molecule has 0 amide bonds. The average Bonchev–Trinajstić information content (AvgIpc) is 3.04. The van der Waals surface area contributed by atoms with Crippen molar-refractivity contribution in [1.29, 1.82) is 0 Å². The SMILES string of the molecule is COc1cc(N=Cc2cccc([N+](=O)[O-])c2)c(-c2no[n+]([O-])c2C)cc1OC. The van der Waals surface area contributed by atoms with Gasteiger partial charge < -0.3 is 14.7 Å². The van der Waals surface area contributed by atoms with Crippen LogP contribution in [0.5, 0.6) is 11.5 Å². The normalized spacial score (nSPS) is 11.0. The van der Waals surface area contributed by atoms with Gasteiger partial charge in [-0.3, -0.25) is 19.7 Å². The van der Waals surface area contributed by atoms with E-state index in [-0.39, 0.29) is 11.4 Å². The van der Waals surface area contributed by atoms with Crippen molar-refractivity contribution in [3.8, 4) is 22.8 Å². The minimum Gasteiger partial charge on any atom is -0.493 e. The Morgan fingerprint density at radius 1 is 1.21 bits per heavy atom. The maximum absolute atomic E-state index is 11.6. The van der Waals surface area contributed by atoms with Crippen LogP contribution in [0.1, 0.15) is 11.3 Å². The van der Waals surface area contributed by atoms with Gasteiger partial charge in [0.25, 0.3) is 11.4 Å². The predicted molar refractivity (Wildman–Crippen MR) is 99.1 cm³/mol. The largest absolute Gasteiger partial charge is 0.493 e. The Balaban J connectivity index is 2.12. The summed E-state index contributed by atoms with van der Waals surface area (Å²) in [6.45, 7) is 1.56. The highest BCUT2D eigenvalue weighted by Crippen LogP contribution is 2.40. The molecule has 10 nitrogen and oxygen atoms in total. The Kier molecular flexibility index (Phi) is 5.21.